The molecule has 6 nitrogen and oxygen atoms in total. The number of aliphatic imine (C=N–C) groups is 1. The summed E-state index contributed by atoms with van der Waals surface area (Å²) < 4.78 is 30.0. The first-order valence-electron chi connectivity index (χ1n) is 10.9. The van der Waals surface area contributed by atoms with Gasteiger partial charge in [0.05, 0.1) is 13.2 Å². The number of halogens is 2. The van der Waals surface area contributed by atoms with E-state index < -0.39 is 0 Å². The van der Waals surface area contributed by atoms with Crippen molar-refractivity contribution in [3.05, 3.63) is 53.8 Å². The molecule has 0 amide bonds. The minimum absolute atomic E-state index is 0. The summed E-state index contributed by atoms with van der Waals surface area (Å²) in [6.45, 7) is 3.44. The van der Waals surface area contributed by atoms with E-state index in [1.54, 1.807) is 19.2 Å². The average molecular weight is 557 g/mol. The molecule has 0 bridgehead atoms. The van der Waals surface area contributed by atoms with Crippen molar-refractivity contribution in [2.24, 2.45) is 4.99 Å². The van der Waals surface area contributed by atoms with Crippen molar-refractivity contribution in [3.63, 3.8) is 0 Å². The predicted octanol–water partition coefficient (Wildman–Crippen LogP) is 5.02. The maximum absolute atomic E-state index is 13.4. The Morgan fingerprint density at radius 1 is 1.06 bits per heavy atom. The van der Waals surface area contributed by atoms with Crippen LogP contribution in [0.2, 0.25) is 0 Å². The van der Waals surface area contributed by atoms with Gasteiger partial charge in [-0.1, -0.05) is 12.1 Å². The van der Waals surface area contributed by atoms with Crippen molar-refractivity contribution < 1.29 is 18.6 Å². The zero-order valence-electron chi connectivity index (χ0n) is 18.6. The van der Waals surface area contributed by atoms with Crippen LogP contribution < -0.4 is 20.1 Å². The van der Waals surface area contributed by atoms with Gasteiger partial charge in [0.25, 0.3) is 0 Å². The Morgan fingerprint density at radius 2 is 1.91 bits per heavy atom. The van der Waals surface area contributed by atoms with E-state index in [1.807, 2.05) is 24.3 Å². The molecule has 0 saturated carbocycles. The lowest BCUT2D eigenvalue weighted by atomic mass is 10.1. The van der Waals surface area contributed by atoms with Crippen molar-refractivity contribution in [2.45, 2.75) is 32.1 Å². The monoisotopic (exact) mass is 557 g/mol. The van der Waals surface area contributed by atoms with E-state index in [0.717, 1.165) is 55.0 Å². The fraction of sp³-hybridized carbons (Fsp3) is 0.458. The second kappa shape index (κ2) is 14.9. The molecule has 1 heterocycles. The fourth-order valence-corrected chi connectivity index (χ4v) is 3.26. The lowest BCUT2D eigenvalue weighted by molar-refractivity contribution is 0.192. The smallest absolute Gasteiger partial charge is 0.195 e. The summed E-state index contributed by atoms with van der Waals surface area (Å²) in [5.74, 6) is 1.98. The van der Waals surface area contributed by atoms with Crippen molar-refractivity contribution >= 4 is 35.6 Å². The minimum Gasteiger partial charge on any atom is -0.490 e. The van der Waals surface area contributed by atoms with E-state index in [4.69, 9.17) is 19.2 Å². The number of fused-ring (bicyclic) bond motifs is 1. The number of ether oxygens (including phenoxy) is 3. The van der Waals surface area contributed by atoms with Gasteiger partial charge < -0.3 is 24.8 Å². The molecular weight excluding hydrogens is 524 g/mol. The second-order valence-electron chi connectivity index (χ2n) is 7.43. The molecule has 0 aromatic heterocycles. The standard InChI is InChI=1S/C24H32FN3O3.HI/c1-29-14-4-2-3-12-26-24(27-13-11-19-7-5-8-20(25)17-19)28-21-9-10-22-23(18-21)31-16-6-15-30-22;/h5,7-10,17-18H,2-4,6,11-16H2,1H3,(H2,26,27,28);1H. The molecule has 0 unspecified atom stereocenters. The fourth-order valence-electron chi connectivity index (χ4n) is 3.26. The third kappa shape index (κ3) is 9.20. The normalized spacial score (nSPS) is 13.1. The highest BCUT2D eigenvalue weighted by Gasteiger charge is 2.11. The summed E-state index contributed by atoms with van der Waals surface area (Å²) in [5.41, 5.74) is 1.82. The number of nitrogens with zero attached hydrogens (tertiary/aromatic N) is 1. The molecule has 0 atom stereocenters. The third-order valence-electron chi connectivity index (χ3n) is 4.88. The van der Waals surface area contributed by atoms with Crippen LogP contribution in [0.3, 0.4) is 0 Å². The summed E-state index contributed by atoms with van der Waals surface area (Å²) in [4.78, 5) is 4.70. The van der Waals surface area contributed by atoms with Crippen LogP contribution in [0.1, 0.15) is 31.2 Å². The van der Waals surface area contributed by atoms with Gasteiger partial charge in [0.1, 0.15) is 5.82 Å². The van der Waals surface area contributed by atoms with Gasteiger partial charge in [0.15, 0.2) is 17.5 Å². The molecule has 176 valence electrons. The summed E-state index contributed by atoms with van der Waals surface area (Å²) in [6, 6.07) is 12.5. The quantitative estimate of drug-likeness (QED) is 0.186. The molecule has 2 N–H and O–H groups in total. The van der Waals surface area contributed by atoms with Gasteiger partial charge in [-0.15, -0.1) is 24.0 Å². The van der Waals surface area contributed by atoms with E-state index in [2.05, 4.69) is 10.6 Å². The van der Waals surface area contributed by atoms with Crippen LogP contribution >= 0.6 is 24.0 Å². The zero-order valence-corrected chi connectivity index (χ0v) is 20.9. The largest absolute Gasteiger partial charge is 0.490 e. The average Bonchev–Trinajstić information content (AvgIpc) is 3.01. The van der Waals surface area contributed by atoms with Crippen LogP contribution in [0.15, 0.2) is 47.5 Å². The number of benzene rings is 2. The molecule has 0 aliphatic carbocycles. The minimum atomic E-state index is -0.215. The van der Waals surface area contributed by atoms with Crippen molar-refractivity contribution in [3.8, 4) is 11.5 Å². The summed E-state index contributed by atoms with van der Waals surface area (Å²) >= 11 is 0. The van der Waals surface area contributed by atoms with E-state index in [1.165, 1.54) is 6.07 Å². The molecule has 2 aromatic rings. The SMILES string of the molecule is COCCCCCN=C(NCCc1cccc(F)c1)Nc1ccc2c(c1)OCCCO2.I. The van der Waals surface area contributed by atoms with Crippen LogP contribution in [0.4, 0.5) is 10.1 Å². The highest BCUT2D eigenvalue weighted by atomic mass is 127. The Labute approximate surface area is 207 Å². The number of guanidine groups is 1. The van der Waals surface area contributed by atoms with Crippen molar-refractivity contribution in [1.82, 2.24) is 5.32 Å². The molecular formula is C24H33FIN3O3. The van der Waals surface area contributed by atoms with Crippen LogP contribution in [-0.4, -0.2) is 46.0 Å². The lowest BCUT2D eigenvalue weighted by Gasteiger charge is -2.15. The summed E-state index contributed by atoms with van der Waals surface area (Å²) in [7, 11) is 1.72. The number of hydrogen-bond donors (Lipinski definition) is 2. The highest BCUT2D eigenvalue weighted by molar-refractivity contribution is 14.0. The maximum atomic E-state index is 13.4. The van der Waals surface area contributed by atoms with Crippen LogP contribution in [0.5, 0.6) is 11.5 Å². The molecule has 0 fully saturated rings. The van der Waals surface area contributed by atoms with Crippen molar-refractivity contribution in [1.29, 1.82) is 0 Å². The third-order valence-corrected chi connectivity index (χ3v) is 4.88. The first-order chi connectivity index (χ1) is 15.2. The topological polar surface area (TPSA) is 64.1 Å². The molecule has 0 radical (unpaired) electrons. The molecule has 1 aliphatic rings. The number of hydrogen-bond acceptors (Lipinski definition) is 4. The zero-order chi connectivity index (χ0) is 21.7. The Kier molecular flexibility index (Phi) is 12.2. The van der Waals surface area contributed by atoms with Crippen LogP contribution in [-0.2, 0) is 11.2 Å². The van der Waals surface area contributed by atoms with Crippen molar-refractivity contribution in [2.75, 3.05) is 45.3 Å². The van der Waals surface area contributed by atoms with E-state index in [9.17, 15) is 4.39 Å². The second-order valence-corrected chi connectivity index (χ2v) is 7.43. The van der Waals surface area contributed by atoms with Gasteiger partial charge in [-0.05, 0) is 55.5 Å². The number of rotatable bonds is 10. The number of anilines is 1. The number of methoxy groups -OCH3 is 1. The molecule has 0 spiro atoms. The number of nitrogens with one attached hydrogen (secondary N) is 2. The molecule has 8 heteroatoms. The van der Waals surface area contributed by atoms with Gasteiger partial charge in [0.2, 0.25) is 0 Å². The Morgan fingerprint density at radius 3 is 2.72 bits per heavy atom. The van der Waals surface area contributed by atoms with Crippen LogP contribution in [0, 0.1) is 5.82 Å². The van der Waals surface area contributed by atoms with Gasteiger partial charge >= 0.3 is 0 Å². The molecule has 3 rings (SSSR count). The van der Waals surface area contributed by atoms with E-state index in [0.29, 0.717) is 38.7 Å². The Hall–Kier alpha value is -2.07. The number of unbranched alkanes of at least 4 members (excludes halogenated alkanes) is 2. The van der Waals surface area contributed by atoms with Gasteiger partial charge in [-0.25, -0.2) is 4.39 Å². The molecule has 0 saturated heterocycles. The Bertz CT molecular complexity index is 851. The molecule has 2 aromatic carbocycles. The summed E-state index contributed by atoms with van der Waals surface area (Å²) in [5, 5.41) is 6.70. The Balaban J connectivity index is 0.00000363. The van der Waals surface area contributed by atoms with Gasteiger partial charge in [-0.3, -0.25) is 4.99 Å². The molecule has 32 heavy (non-hydrogen) atoms. The summed E-state index contributed by atoms with van der Waals surface area (Å²) in [6.07, 6.45) is 4.66. The highest BCUT2D eigenvalue weighted by Crippen LogP contribution is 2.32. The van der Waals surface area contributed by atoms with E-state index >= 15 is 0 Å². The maximum Gasteiger partial charge on any atom is 0.195 e. The predicted molar refractivity (Wildman–Crippen MR) is 137 cm³/mol. The van der Waals surface area contributed by atoms with Gasteiger partial charge in [-0.2, -0.15) is 0 Å². The van der Waals surface area contributed by atoms with Gasteiger partial charge in [0, 0.05) is 45.0 Å². The first kappa shape index (κ1) is 26.2. The first-order valence-corrected chi connectivity index (χ1v) is 10.9. The van der Waals surface area contributed by atoms with Crippen LogP contribution in [0.25, 0.3) is 0 Å². The van der Waals surface area contributed by atoms with E-state index in [-0.39, 0.29) is 29.8 Å². The molecule has 1 aliphatic heterocycles. The lowest BCUT2D eigenvalue weighted by Crippen LogP contribution is -2.32.